The van der Waals surface area contributed by atoms with Crippen molar-refractivity contribution < 1.29 is 21.6 Å². The minimum absolute atomic E-state index is 0.286. The summed E-state index contributed by atoms with van der Waals surface area (Å²) >= 11 is 5.77. The second-order valence-corrected chi connectivity index (χ2v) is 10.0. The molecule has 4 aromatic rings. The molecule has 2 heterocycles. The van der Waals surface area contributed by atoms with Crippen molar-refractivity contribution in [2.45, 2.75) is 11.5 Å². The molecule has 4 nitrogen and oxygen atoms in total. The van der Waals surface area contributed by atoms with Crippen LogP contribution >= 0.6 is 11.6 Å². The zero-order chi connectivity index (χ0) is 24.2. The number of halogens is 2. The summed E-state index contributed by atoms with van der Waals surface area (Å²) in [5.41, 5.74) is 1.84. The highest BCUT2D eigenvalue weighted by Gasteiger charge is 2.00. The monoisotopic (exact) mass is 516 g/mol. The molecule has 0 aliphatic carbocycles. The first-order valence-corrected chi connectivity index (χ1v) is 13.3. The number of hydrogen-bond donors (Lipinski definition) is 0. The SMILES string of the molecule is O=S(/C=C/c1ccco1)Cc1ccc(Cl)cc1.O=S(/C=C/c1ccco1)Cc1ccc(F)cc1. The molecule has 2 aromatic carbocycles. The maximum absolute atomic E-state index is 12.7. The zero-order valence-electron chi connectivity index (χ0n) is 18.0. The Morgan fingerprint density at radius 2 is 1.15 bits per heavy atom. The Balaban J connectivity index is 0.000000191. The van der Waals surface area contributed by atoms with E-state index >= 15 is 0 Å². The quantitative estimate of drug-likeness (QED) is 0.248. The average Bonchev–Trinajstić information content (AvgIpc) is 3.54. The molecule has 2 atom stereocenters. The van der Waals surface area contributed by atoms with Gasteiger partial charge in [0.05, 0.1) is 45.6 Å². The smallest absolute Gasteiger partial charge is 0.127 e. The first-order valence-electron chi connectivity index (χ1n) is 10.1. The molecule has 0 aliphatic rings. The van der Waals surface area contributed by atoms with Gasteiger partial charge in [-0.1, -0.05) is 35.9 Å². The number of hydrogen-bond acceptors (Lipinski definition) is 4. The van der Waals surface area contributed by atoms with E-state index in [0.717, 1.165) is 11.1 Å². The molecule has 0 amide bonds. The van der Waals surface area contributed by atoms with Gasteiger partial charge < -0.3 is 8.83 Å². The summed E-state index contributed by atoms with van der Waals surface area (Å²) in [7, 11) is -2.17. The zero-order valence-corrected chi connectivity index (χ0v) is 20.4. The predicted octanol–water partition coefficient (Wildman–Crippen LogP) is 7.19. The van der Waals surface area contributed by atoms with Gasteiger partial charge in [0.25, 0.3) is 0 Å². The molecule has 176 valence electrons. The second-order valence-electron chi connectivity index (χ2n) is 6.94. The van der Waals surface area contributed by atoms with Crippen LogP contribution in [-0.2, 0) is 33.1 Å². The molecule has 0 radical (unpaired) electrons. The van der Waals surface area contributed by atoms with Crippen LogP contribution < -0.4 is 0 Å². The Labute approximate surface area is 207 Å². The summed E-state index contributed by atoms with van der Waals surface area (Å²) in [6, 6.07) is 20.5. The van der Waals surface area contributed by atoms with E-state index in [-0.39, 0.29) is 5.82 Å². The van der Waals surface area contributed by atoms with E-state index in [1.807, 2.05) is 18.2 Å². The van der Waals surface area contributed by atoms with E-state index < -0.39 is 21.6 Å². The van der Waals surface area contributed by atoms with Gasteiger partial charge in [0.15, 0.2) is 0 Å². The molecule has 0 saturated heterocycles. The minimum atomic E-state index is -1.13. The maximum atomic E-state index is 12.7. The van der Waals surface area contributed by atoms with Gasteiger partial charge in [-0.25, -0.2) is 4.39 Å². The highest BCUT2D eigenvalue weighted by Crippen LogP contribution is 2.12. The summed E-state index contributed by atoms with van der Waals surface area (Å²) in [4.78, 5) is 0. The molecule has 0 aliphatic heterocycles. The topological polar surface area (TPSA) is 60.4 Å². The van der Waals surface area contributed by atoms with Gasteiger partial charge in [0, 0.05) is 15.8 Å². The molecule has 0 fully saturated rings. The maximum Gasteiger partial charge on any atom is 0.127 e. The fourth-order valence-electron chi connectivity index (χ4n) is 2.64. The molecule has 2 unspecified atom stereocenters. The van der Waals surface area contributed by atoms with Crippen LogP contribution in [0.5, 0.6) is 0 Å². The van der Waals surface area contributed by atoms with Gasteiger partial charge in [0.1, 0.15) is 17.3 Å². The van der Waals surface area contributed by atoms with Crippen LogP contribution in [0.3, 0.4) is 0 Å². The third-order valence-corrected chi connectivity index (χ3v) is 6.67. The molecular weight excluding hydrogens is 495 g/mol. The van der Waals surface area contributed by atoms with Gasteiger partial charge >= 0.3 is 0 Å². The van der Waals surface area contributed by atoms with Crippen molar-refractivity contribution in [3.05, 3.63) is 130 Å². The lowest BCUT2D eigenvalue weighted by atomic mass is 10.2. The van der Waals surface area contributed by atoms with E-state index in [4.69, 9.17) is 20.4 Å². The van der Waals surface area contributed by atoms with Gasteiger partial charge in [0.2, 0.25) is 0 Å². The molecule has 2 aromatic heterocycles. The fraction of sp³-hybridized carbons (Fsp3) is 0.0769. The van der Waals surface area contributed by atoms with Crippen LogP contribution in [0.4, 0.5) is 4.39 Å². The van der Waals surface area contributed by atoms with E-state index in [1.54, 1.807) is 78.0 Å². The Hall–Kier alpha value is -3.00. The Kier molecular flexibility index (Phi) is 10.3. The number of benzene rings is 2. The lowest BCUT2D eigenvalue weighted by Gasteiger charge is -1.98. The lowest BCUT2D eigenvalue weighted by Crippen LogP contribution is -1.91. The summed E-state index contributed by atoms with van der Waals surface area (Å²) in [6.45, 7) is 0. The van der Waals surface area contributed by atoms with Gasteiger partial charge in [-0.15, -0.1) is 0 Å². The highest BCUT2D eigenvalue weighted by atomic mass is 35.5. The molecule has 0 saturated carbocycles. The van der Waals surface area contributed by atoms with Crippen LogP contribution in [0.15, 0.2) is 105 Å². The second kappa shape index (κ2) is 13.6. The van der Waals surface area contributed by atoms with Gasteiger partial charge in [-0.05, 0) is 71.8 Å². The Morgan fingerprint density at radius 1 is 0.706 bits per heavy atom. The molecule has 0 spiro atoms. The van der Waals surface area contributed by atoms with Crippen molar-refractivity contribution in [3.8, 4) is 0 Å². The van der Waals surface area contributed by atoms with E-state index in [1.165, 1.54) is 12.1 Å². The average molecular weight is 517 g/mol. The summed E-state index contributed by atoms with van der Waals surface area (Å²) in [5.74, 6) is 1.93. The standard InChI is InChI=1S/C13H11ClO2S.C13H11FO2S/c2*14-12-5-3-11(4-6-12)10-17(15)9-7-13-2-1-8-16-13/h2*1-9H,10H2/b2*9-7+. The predicted molar refractivity (Wildman–Crippen MR) is 137 cm³/mol. The third kappa shape index (κ3) is 9.47. The first kappa shape index (κ1) is 25.6. The van der Waals surface area contributed by atoms with Crippen LogP contribution in [0.2, 0.25) is 5.02 Å². The normalized spacial score (nSPS) is 13.0. The van der Waals surface area contributed by atoms with Crippen LogP contribution in [0.1, 0.15) is 22.6 Å². The Morgan fingerprint density at radius 3 is 1.56 bits per heavy atom. The largest absolute Gasteiger partial charge is 0.465 e. The van der Waals surface area contributed by atoms with E-state index in [9.17, 15) is 12.8 Å². The molecule has 34 heavy (non-hydrogen) atoms. The van der Waals surface area contributed by atoms with Crippen LogP contribution in [-0.4, -0.2) is 8.42 Å². The van der Waals surface area contributed by atoms with Crippen molar-refractivity contribution in [3.63, 3.8) is 0 Å². The van der Waals surface area contributed by atoms with E-state index in [2.05, 4.69) is 0 Å². The fourth-order valence-corrected chi connectivity index (χ4v) is 4.58. The van der Waals surface area contributed by atoms with Crippen molar-refractivity contribution in [1.82, 2.24) is 0 Å². The van der Waals surface area contributed by atoms with Crippen molar-refractivity contribution in [2.75, 3.05) is 0 Å². The first-order chi connectivity index (χ1) is 16.5. The highest BCUT2D eigenvalue weighted by molar-refractivity contribution is 7.87. The van der Waals surface area contributed by atoms with Crippen molar-refractivity contribution >= 4 is 45.4 Å². The number of rotatable bonds is 8. The molecule has 0 bridgehead atoms. The third-order valence-electron chi connectivity index (χ3n) is 4.30. The minimum Gasteiger partial charge on any atom is -0.465 e. The van der Waals surface area contributed by atoms with Crippen molar-refractivity contribution in [2.24, 2.45) is 0 Å². The van der Waals surface area contributed by atoms with Gasteiger partial charge in [-0.2, -0.15) is 0 Å². The van der Waals surface area contributed by atoms with Gasteiger partial charge in [-0.3, -0.25) is 8.42 Å². The summed E-state index contributed by atoms with van der Waals surface area (Å²) in [6.07, 6.45) is 6.52. The Bertz CT molecular complexity index is 1130. The molecule has 0 N–H and O–H groups in total. The van der Waals surface area contributed by atoms with Crippen LogP contribution in [0.25, 0.3) is 12.2 Å². The van der Waals surface area contributed by atoms with Crippen molar-refractivity contribution in [1.29, 1.82) is 0 Å². The molecule has 4 rings (SSSR count). The van der Waals surface area contributed by atoms with E-state index in [0.29, 0.717) is 28.0 Å². The molecule has 8 heteroatoms. The molecular formula is C26H22ClFO4S2. The summed E-state index contributed by atoms with van der Waals surface area (Å²) < 4.78 is 46.3. The summed E-state index contributed by atoms with van der Waals surface area (Å²) in [5, 5.41) is 3.89. The number of furan rings is 2. The van der Waals surface area contributed by atoms with Crippen LogP contribution in [0, 0.1) is 5.82 Å². The lowest BCUT2D eigenvalue weighted by molar-refractivity contribution is 0.557.